The van der Waals surface area contributed by atoms with Crippen LogP contribution in [-0.4, -0.2) is 37.5 Å². The molecule has 2 fully saturated rings. The molecule has 5 heteroatoms. The SMILES string of the molecule is c1ccc(-c2noc(N3CCCC3)c2CNCC2CCCO2)cc1. The lowest BCUT2D eigenvalue weighted by molar-refractivity contribution is 0.110. The molecule has 0 spiro atoms. The second-order valence-electron chi connectivity index (χ2n) is 6.64. The van der Waals surface area contributed by atoms with E-state index < -0.39 is 0 Å². The highest BCUT2D eigenvalue weighted by atomic mass is 16.5. The van der Waals surface area contributed by atoms with Gasteiger partial charge in [0.2, 0.25) is 5.88 Å². The molecule has 0 aliphatic carbocycles. The van der Waals surface area contributed by atoms with Crippen LogP contribution < -0.4 is 10.2 Å². The Balaban J connectivity index is 1.54. The van der Waals surface area contributed by atoms with E-state index in [1.807, 2.05) is 18.2 Å². The normalized spacial score (nSPS) is 20.8. The third-order valence-electron chi connectivity index (χ3n) is 4.91. The van der Waals surface area contributed by atoms with Crippen LogP contribution in [-0.2, 0) is 11.3 Å². The average molecular weight is 327 g/mol. The van der Waals surface area contributed by atoms with Crippen LogP contribution in [0.25, 0.3) is 11.3 Å². The van der Waals surface area contributed by atoms with Crippen LogP contribution >= 0.6 is 0 Å². The lowest BCUT2D eigenvalue weighted by Gasteiger charge is -2.16. The van der Waals surface area contributed by atoms with Crippen LogP contribution in [0.4, 0.5) is 5.88 Å². The molecule has 128 valence electrons. The van der Waals surface area contributed by atoms with E-state index in [2.05, 4.69) is 27.5 Å². The van der Waals surface area contributed by atoms with E-state index in [4.69, 9.17) is 9.26 Å². The van der Waals surface area contributed by atoms with E-state index in [0.29, 0.717) is 6.10 Å². The lowest BCUT2D eigenvalue weighted by atomic mass is 10.1. The first-order valence-corrected chi connectivity index (χ1v) is 9.03. The summed E-state index contributed by atoms with van der Waals surface area (Å²) in [6.07, 6.45) is 5.13. The maximum Gasteiger partial charge on any atom is 0.232 e. The Labute approximate surface area is 143 Å². The van der Waals surface area contributed by atoms with Gasteiger partial charge < -0.3 is 19.5 Å². The standard InChI is InChI=1S/C19H25N3O2/c1-2-7-15(8-3-1)18-17(14-20-13-16-9-6-12-23-16)19(24-21-18)22-10-4-5-11-22/h1-3,7-8,16,20H,4-6,9-14H2. The fourth-order valence-electron chi connectivity index (χ4n) is 3.61. The minimum atomic E-state index is 0.347. The Morgan fingerprint density at radius 2 is 1.96 bits per heavy atom. The Kier molecular flexibility index (Phi) is 4.81. The lowest BCUT2D eigenvalue weighted by Crippen LogP contribution is -2.27. The summed E-state index contributed by atoms with van der Waals surface area (Å²) in [6.45, 7) is 4.66. The van der Waals surface area contributed by atoms with Crippen molar-refractivity contribution >= 4 is 5.88 Å². The van der Waals surface area contributed by atoms with Crippen LogP contribution in [0.5, 0.6) is 0 Å². The van der Waals surface area contributed by atoms with E-state index in [-0.39, 0.29) is 0 Å². The minimum Gasteiger partial charge on any atom is -0.377 e. The molecule has 24 heavy (non-hydrogen) atoms. The molecule has 1 atom stereocenters. The second-order valence-corrected chi connectivity index (χ2v) is 6.64. The Morgan fingerprint density at radius 3 is 2.71 bits per heavy atom. The third-order valence-corrected chi connectivity index (χ3v) is 4.91. The summed E-state index contributed by atoms with van der Waals surface area (Å²) >= 11 is 0. The van der Waals surface area contributed by atoms with Crippen LogP contribution in [0.15, 0.2) is 34.9 Å². The highest BCUT2D eigenvalue weighted by Gasteiger charge is 2.24. The Hall–Kier alpha value is -1.85. The molecule has 1 unspecified atom stereocenters. The van der Waals surface area contributed by atoms with Gasteiger partial charge in [0.25, 0.3) is 0 Å². The van der Waals surface area contributed by atoms with Gasteiger partial charge in [0.15, 0.2) is 0 Å². The number of hydrogen-bond acceptors (Lipinski definition) is 5. The molecule has 2 aromatic rings. The average Bonchev–Trinajstić information content (AvgIpc) is 3.37. The first-order valence-electron chi connectivity index (χ1n) is 9.03. The summed E-state index contributed by atoms with van der Waals surface area (Å²) in [5.74, 6) is 0.936. The van der Waals surface area contributed by atoms with Crippen molar-refractivity contribution in [3.63, 3.8) is 0 Å². The van der Waals surface area contributed by atoms with Gasteiger partial charge in [0.1, 0.15) is 5.69 Å². The van der Waals surface area contributed by atoms with E-state index in [1.54, 1.807) is 0 Å². The summed E-state index contributed by atoms with van der Waals surface area (Å²) in [4.78, 5) is 2.32. The van der Waals surface area contributed by atoms with E-state index >= 15 is 0 Å². The zero-order valence-corrected chi connectivity index (χ0v) is 14.0. The number of hydrogen-bond donors (Lipinski definition) is 1. The fraction of sp³-hybridized carbons (Fsp3) is 0.526. The molecule has 0 saturated carbocycles. The number of nitrogens with one attached hydrogen (secondary N) is 1. The van der Waals surface area contributed by atoms with Crippen LogP contribution in [0.2, 0.25) is 0 Å². The largest absolute Gasteiger partial charge is 0.377 e. The maximum atomic E-state index is 5.76. The molecular weight excluding hydrogens is 302 g/mol. The summed E-state index contributed by atoms with van der Waals surface area (Å²) in [7, 11) is 0. The van der Waals surface area contributed by atoms with E-state index in [0.717, 1.165) is 56.3 Å². The van der Waals surface area contributed by atoms with Crippen molar-refractivity contribution in [2.45, 2.75) is 38.3 Å². The van der Waals surface area contributed by atoms with Crippen molar-refractivity contribution in [3.05, 3.63) is 35.9 Å². The number of ether oxygens (including phenoxy) is 1. The molecule has 1 N–H and O–H groups in total. The van der Waals surface area contributed by atoms with Gasteiger partial charge >= 0.3 is 0 Å². The first kappa shape index (κ1) is 15.7. The van der Waals surface area contributed by atoms with Gasteiger partial charge in [-0.05, 0) is 25.7 Å². The highest BCUT2D eigenvalue weighted by Crippen LogP contribution is 2.33. The summed E-state index contributed by atoms with van der Waals surface area (Å²) < 4.78 is 11.5. The molecule has 2 aliphatic rings. The molecule has 1 aromatic heterocycles. The molecule has 4 rings (SSSR count). The summed E-state index contributed by atoms with van der Waals surface area (Å²) in [6, 6.07) is 10.3. The van der Waals surface area contributed by atoms with Crippen LogP contribution in [0, 0.1) is 0 Å². The predicted molar refractivity (Wildman–Crippen MR) is 94.1 cm³/mol. The molecule has 0 radical (unpaired) electrons. The zero-order valence-electron chi connectivity index (χ0n) is 14.0. The summed E-state index contributed by atoms with van der Waals surface area (Å²) in [5, 5.41) is 7.95. The molecule has 0 bridgehead atoms. The molecule has 5 nitrogen and oxygen atoms in total. The predicted octanol–water partition coefficient (Wildman–Crippen LogP) is 3.21. The van der Waals surface area contributed by atoms with Gasteiger partial charge in [-0.25, -0.2) is 0 Å². The van der Waals surface area contributed by atoms with Crippen molar-refractivity contribution in [1.82, 2.24) is 10.5 Å². The van der Waals surface area contributed by atoms with Gasteiger partial charge in [0.05, 0.1) is 11.7 Å². The van der Waals surface area contributed by atoms with Gasteiger partial charge in [-0.15, -0.1) is 0 Å². The van der Waals surface area contributed by atoms with Gasteiger partial charge in [-0.2, -0.15) is 0 Å². The van der Waals surface area contributed by atoms with Crippen molar-refractivity contribution in [2.24, 2.45) is 0 Å². The maximum absolute atomic E-state index is 5.76. The second kappa shape index (κ2) is 7.36. The third kappa shape index (κ3) is 3.32. The monoisotopic (exact) mass is 327 g/mol. The van der Waals surface area contributed by atoms with E-state index in [1.165, 1.54) is 24.8 Å². The van der Waals surface area contributed by atoms with Crippen LogP contribution in [0.3, 0.4) is 0 Å². The number of benzene rings is 1. The molecule has 1 aromatic carbocycles. The number of nitrogens with zero attached hydrogens (tertiary/aromatic N) is 2. The topological polar surface area (TPSA) is 50.5 Å². The summed E-state index contributed by atoms with van der Waals surface area (Å²) in [5.41, 5.74) is 3.24. The van der Waals surface area contributed by atoms with Crippen LogP contribution in [0.1, 0.15) is 31.2 Å². The molecule has 3 heterocycles. The molecular formula is C19H25N3O2. The van der Waals surface area contributed by atoms with Crippen molar-refractivity contribution in [2.75, 3.05) is 31.1 Å². The number of anilines is 1. The molecule has 0 amide bonds. The Morgan fingerprint density at radius 1 is 1.12 bits per heavy atom. The van der Waals surface area contributed by atoms with Crippen molar-refractivity contribution in [3.8, 4) is 11.3 Å². The van der Waals surface area contributed by atoms with Gasteiger partial charge in [-0.3, -0.25) is 0 Å². The van der Waals surface area contributed by atoms with E-state index in [9.17, 15) is 0 Å². The molecule has 2 aliphatic heterocycles. The zero-order chi connectivity index (χ0) is 16.2. The van der Waals surface area contributed by atoms with Crippen molar-refractivity contribution in [1.29, 1.82) is 0 Å². The molecule has 2 saturated heterocycles. The smallest absolute Gasteiger partial charge is 0.232 e. The van der Waals surface area contributed by atoms with Gasteiger partial charge in [0, 0.05) is 38.3 Å². The number of aromatic nitrogens is 1. The minimum absolute atomic E-state index is 0.347. The van der Waals surface area contributed by atoms with Crippen molar-refractivity contribution < 1.29 is 9.26 Å². The quantitative estimate of drug-likeness (QED) is 0.883. The first-order chi connectivity index (χ1) is 11.9. The fourth-order valence-corrected chi connectivity index (χ4v) is 3.61. The van der Waals surface area contributed by atoms with Gasteiger partial charge in [-0.1, -0.05) is 35.5 Å². The Bertz CT molecular complexity index is 644. The highest BCUT2D eigenvalue weighted by molar-refractivity contribution is 5.68. The number of rotatable bonds is 6.